The van der Waals surface area contributed by atoms with Crippen LogP contribution in [0.3, 0.4) is 0 Å². The normalized spacial score (nSPS) is 19.3. The lowest BCUT2D eigenvalue weighted by Crippen LogP contribution is -2.44. The summed E-state index contributed by atoms with van der Waals surface area (Å²) in [5, 5.41) is 3.04. The van der Waals surface area contributed by atoms with E-state index < -0.39 is 6.10 Å². The van der Waals surface area contributed by atoms with Gasteiger partial charge in [-0.1, -0.05) is 18.2 Å². The molecule has 25 heavy (non-hydrogen) atoms. The van der Waals surface area contributed by atoms with Crippen LogP contribution in [-0.2, 0) is 9.59 Å². The molecule has 1 aliphatic carbocycles. The minimum absolute atomic E-state index is 0.0498. The SMILES string of the molecule is C[C@H](Oc1ccccc1)C(=O)N1CCC(CCC(=O)NC2CC2)CC1. The number of hydrogen-bond donors (Lipinski definition) is 1. The van der Waals surface area contributed by atoms with Crippen LogP contribution >= 0.6 is 0 Å². The molecule has 1 saturated carbocycles. The summed E-state index contributed by atoms with van der Waals surface area (Å²) in [6.07, 6.45) is 5.29. The van der Waals surface area contributed by atoms with Gasteiger partial charge in [-0.25, -0.2) is 0 Å². The first-order valence-corrected chi connectivity index (χ1v) is 9.41. The highest BCUT2D eigenvalue weighted by molar-refractivity contribution is 5.81. The van der Waals surface area contributed by atoms with Gasteiger partial charge in [-0.2, -0.15) is 0 Å². The summed E-state index contributed by atoms with van der Waals surface area (Å²) in [6, 6.07) is 9.90. The molecular formula is C20H28N2O3. The van der Waals surface area contributed by atoms with E-state index in [0.29, 0.717) is 18.4 Å². The Morgan fingerprint density at radius 2 is 1.84 bits per heavy atom. The van der Waals surface area contributed by atoms with Crippen molar-refractivity contribution in [3.05, 3.63) is 30.3 Å². The quantitative estimate of drug-likeness (QED) is 0.827. The molecule has 3 rings (SSSR count). The van der Waals surface area contributed by atoms with E-state index in [9.17, 15) is 9.59 Å². The third kappa shape index (κ3) is 5.48. The smallest absolute Gasteiger partial charge is 0.263 e. The third-order valence-electron chi connectivity index (χ3n) is 5.05. The second kappa shape index (κ2) is 8.37. The van der Waals surface area contributed by atoms with E-state index >= 15 is 0 Å². The van der Waals surface area contributed by atoms with Gasteiger partial charge in [-0.3, -0.25) is 9.59 Å². The van der Waals surface area contributed by atoms with Crippen molar-refractivity contribution >= 4 is 11.8 Å². The Kier molecular flexibility index (Phi) is 5.95. The van der Waals surface area contributed by atoms with Crippen LogP contribution in [0.2, 0.25) is 0 Å². The molecule has 1 aromatic carbocycles. The summed E-state index contributed by atoms with van der Waals surface area (Å²) in [5.41, 5.74) is 0. The molecule has 1 aromatic rings. The lowest BCUT2D eigenvalue weighted by molar-refractivity contribution is -0.139. The summed E-state index contributed by atoms with van der Waals surface area (Å²) in [5.74, 6) is 1.50. The Balaban J connectivity index is 1.37. The fourth-order valence-electron chi connectivity index (χ4n) is 3.32. The highest BCUT2D eigenvalue weighted by atomic mass is 16.5. The van der Waals surface area contributed by atoms with E-state index in [2.05, 4.69) is 5.32 Å². The third-order valence-corrected chi connectivity index (χ3v) is 5.05. The molecule has 136 valence electrons. The van der Waals surface area contributed by atoms with Gasteiger partial charge in [0.1, 0.15) is 5.75 Å². The molecule has 0 aromatic heterocycles. The first-order valence-electron chi connectivity index (χ1n) is 9.41. The van der Waals surface area contributed by atoms with Crippen molar-refractivity contribution in [3.63, 3.8) is 0 Å². The molecule has 1 N–H and O–H groups in total. The van der Waals surface area contributed by atoms with Gasteiger partial charge in [0.2, 0.25) is 5.91 Å². The zero-order chi connectivity index (χ0) is 17.6. The van der Waals surface area contributed by atoms with Gasteiger partial charge in [-0.15, -0.1) is 0 Å². The highest BCUT2D eigenvalue weighted by Crippen LogP contribution is 2.24. The average Bonchev–Trinajstić information content (AvgIpc) is 3.44. The van der Waals surface area contributed by atoms with Gasteiger partial charge >= 0.3 is 0 Å². The maximum Gasteiger partial charge on any atom is 0.263 e. The van der Waals surface area contributed by atoms with Crippen molar-refractivity contribution in [2.75, 3.05) is 13.1 Å². The predicted molar refractivity (Wildman–Crippen MR) is 96.2 cm³/mol. The molecule has 1 saturated heterocycles. The van der Waals surface area contributed by atoms with Crippen molar-refractivity contribution < 1.29 is 14.3 Å². The van der Waals surface area contributed by atoms with Gasteiger partial charge < -0.3 is 15.0 Å². The van der Waals surface area contributed by atoms with Crippen LogP contribution in [0.15, 0.2) is 30.3 Å². The largest absolute Gasteiger partial charge is 0.481 e. The number of rotatable bonds is 7. The number of ether oxygens (including phenoxy) is 1. The topological polar surface area (TPSA) is 58.6 Å². The summed E-state index contributed by atoms with van der Waals surface area (Å²) in [6.45, 7) is 3.33. The molecule has 0 radical (unpaired) electrons. The van der Waals surface area contributed by atoms with Gasteiger partial charge in [0, 0.05) is 25.6 Å². The van der Waals surface area contributed by atoms with Crippen LogP contribution in [0.25, 0.3) is 0 Å². The summed E-state index contributed by atoms with van der Waals surface area (Å²) >= 11 is 0. The van der Waals surface area contributed by atoms with E-state index in [1.807, 2.05) is 42.2 Å². The summed E-state index contributed by atoms with van der Waals surface area (Å²) in [7, 11) is 0. The van der Waals surface area contributed by atoms with Gasteiger partial charge in [-0.05, 0) is 57.1 Å². The minimum Gasteiger partial charge on any atom is -0.481 e. The van der Waals surface area contributed by atoms with Crippen molar-refractivity contribution in [1.29, 1.82) is 0 Å². The zero-order valence-electron chi connectivity index (χ0n) is 14.9. The Bertz CT molecular complexity index is 578. The monoisotopic (exact) mass is 344 g/mol. The number of hydrogen-bond acceptors (Lipinski definition) is 3. The molecule has 2 aliphatic rings. The fourth-order valence-corrected chi connectivity index (χ4v) is 3.32. The van der Waals surface area contributed by atoms with E-state index in [0.717, 1.165) is 50.9 Å². The van der Waals surface area contributed by atoms with Crippen LogP contribution < -0.4 is 10.1 Å². The lowest BCUT2D eigenvalue weighted by Gasteiger charge is -2.33. The van der Waals surface area contributed by atoms with Crippen molar-refractivity contribution in [2.45, 2.75) is 57.6 Å². The Hall–Kier alpha value is -2.04. The first-order chi connectivity index (χ1) is 12.1. The number of amides is 2. The molecule has 0 unspecified atom stereocenters. The maximum atomic E-state index is 12.5. The number of nitrogens with zero attached hydrogens (tertiary/aromatic N) is 1. The van der Waals surface area contributed by atoms with Crippen LogP contribution in [0, 0.1) is 5.92 Å². The molecular weight excluding hydrogens is 316 g/mol. The number of benzene rings is 1. The fraction of sp³-hybridized carbons (Fsp3) is 0.600. The van der Waals surface area contributed by atoms with E-state index in [1.54, 1.807) is 0 Å². The van der Waals surface area contributed by atoms with Crippen LogP contribution in [0.1, 0.15) is 45.4 Å². The molecule has 2 amide bonds. The number of carbonyl (C=O) groups is 2. The van der Waals surface area contributed by atoms with Crippen LogP contribution in [-0.4, -0.2) is 41.9 Å². The Morgan fingerprint density at radius 1 is 1.16 bits per heavy atom. The molecule has 5 nitrogen and oxygen atoms in total. The standard InChI is InChI=1S/C20H28N2O3/c1-15(25-18-5-3-2-4-6-18)20(24)22-13-11-16(12-14-22)7-10-19(23)21-17-8-9-17/h2-6,15-17H,7-14H2,1H3,(H,21,23)/t15-/m0/s1. The number of carbonyl (C=O) groups excluding carboxylic acids is 2. The van der Waals surface area contributed by atoms with Crippen molar-refractivity contribution in [1.82, 2.24) is 10.2 Å². The number of para-hydroxylation sites is 1. The zero-order valence-corrected chi connectivity index (χ0v) is 14.9. The minimum atomic E-state index is -0.469. The molecule has 0 spiro atoms. The van der Waals surface area contributed by atoms with E-state index in [1.165, 1.54) is 0 Å². The second-order valence-electron chi connectivity index (χ2n) is 7.22. The predicted octanol–water partition coefficient (Wildman–Crippen LogP) is 2.75. The Labute approximate surface area is 149 Å². The molecule has 0 bridgehead atoms. The van der Waals surface area contributed by atoms with E-state index in [-0.39, 0.29) is 11.8 Å². The Morgan fingerprint density at radius 3 is 2.48 bits per heavy atom. The van der Waals surface area contributed by atoms with E-state index in [4.69, 9.17) is 4.74 Å². The van der Waals surface area contributed by atoms with Crippen molar-refractivity contribution in [3.8, 4) is 5.75 Å². The summed E-state index contributed by atoms with van der Waals surface area (Å²) in [4.78, 5) is 26.2. The van der Waals surface area contributed by atoms with Gasteiger partial charge in [0.05, 0.1) is 0 Å². The first kappa shape index (κ1) is 17.8. The second-order valence-corrected chi connectivity index (χ2v) is 7.22. The molecule has 1 atom stereocenters. The maximum absolute atomic E-state index is 12.5. The van der Waals surface area contributed by atoms with Crippen LogP contribution in [0.4, 0.5) is 0 Å². The lowest BCUT2D eigenvalue weighted by atomic mass is 9.92. The highest BCUT2D eigenvalue weighted by Gasteiger charge is 2.28. The molecule has 1 aliphatic heterocycles. The van der Waals surface area contributed by atoms with Crippen molar-refractivity contribution in [2.24, 2.45) is 5.92 Å². The molecule has 2 fully saturated rings. The average molecular weight is 344 g/mol. The van der Waals surface area contributed by atoms with Crippen LogP contribution in [0.5, 0.6) is 5.75 Å². The number of likely N-dealkylation sites (tertiary alicyclic amines) is 1. The summed E-state index contributed by atoms with van der Waals surface area (Å²) < 4.78 is 5.73. The molecule has 5 heteroatoms. The molecule has 1 heterocycles. The van der Waals surface area contributed by atoms with Gasteiger partial charge in [0.15, 0.2) is 6.10 Å². The number of piperidine rings is 1. The van der Waals surface area contributed by atoms with Gasteiger partial charge in [0.25, 0.3) is 5.91 Å². The number of nitrogens with one attached hydrogen (secondary N) is 1.